The first kappa shape index (κ1) is 11.8. The predicted octanol–water partition coefficient (Wildman–Crippen LogP) is -0.165. The molecule has 1 unspecified atom stereocenters. The van der Waals surface area contributed by atoms with Crippen LogP contribution in [0.1, 0.15) is 16.9 Å². The van der Waals surface area contributed by atoms with E-state index in [0.29, 0.717) is 17.6 Å². The first-order valence-corrected chi connectivity index (χ1v) is 5.61. The zero-order valence-corrected chi connectivity index (χ0v) is 10.1. The van der Waals surface area contributed by atoms with Gasteiger partial charge in [0.25, 0.3) is 5.91 Å². The van der Waals surface area contributed by atoms with E-state index in [1.165, 1.54) is 12.4 Å². The molecule has 0 spiro atoms. The van der Waals surface area contributed by atoms with Crippen LogP contribution in [0, 0.1) is 0 Å². The second-order valence-electron chi connectivity index (χ2n) is 4.48. The normalized spacial score (nSPS) is 19.9. The summed E-state index contributed by atoms with van der Waals surface area (Å²) in [6.45, 7) is 1.52. The van der Waals surface area contributed by atoms with Crippen LogP contribution in [-0.2, 0) is 0 Å². The Balaban J connectivity index is 2.04. The minimum Gasteiger partial charge on any atom is -0.382 e. The van der Waals surface area contributed by atoms with Gasteiger partial charge in [-0.15, -0.1) is 0 Å². The number of hydrogen-bond donors (Lipinski definition) is 1. The molecule has 2 rings (SSSR count). The molecule has 1 fully saturated rings. The number of aromatic nitrogens is 2. The summed E-state index contributed by atoms with van der Waals surface area (Å²) in [6, 6.07) is 0.431. The number of hydrogen-bond acceptors (Lipinski definition) is 5. The third kappa shape index (κ3) is 2.52. The maximum Gasteiger partial charge on any atom is 0.274 e. The zero-order chi connectivity index (χ0) is 12.4. The summed E-state index contributed by atoms with van der Waals surface area (Å²) in [5.41, 5.74) is 5.80. The number of carbonyl (C=O) groups excluding carboxylic acids is 1. The lowest BCUT2D eigenvalue weighted by atomic mass is 10.2. The summed E-state index contributed by atoms with van der Waals surface area (Å²) in [7, 11) is 4.06. The molecule has 0 aliphatic carbocycles. The van der Waals surface area contributed by atoms with Crippen molar-refractivity contribution in [2.75, 3.05) is 32.9 Å². The highest BCUT2D eigenvalue weighted by atomic mass is 16.2. The molecule has 17 heavy (non-hydrogen) atoms. The summed E-state index contributed by atoms with van der Waals surface area (Å²) in [6.07, 6.45) is 3.84. The van der Waals surface area contributed by atoms with Gasteiger partial charge in [-0.05, 0) is 20.5 Å². The molecule has 0 bridgehead atoms. The van der Waals surface area contributed by atoms with E-state index in [4.69, 9.17) is 5.73 Å². The molecule has 6 heteroatoms. The standard InChI is InChI=1S/C11H17N5O/c1-15(2)8-3-4-16(7-8)11(17)9-5-14-10(12)6-13-9/h5-6,8H,3-4,7H2,1-2H3,(H2,12,14). The minimum atomic E-state index is -0.0677. The predicted molar refractivity (Wildman–Crippen MR) is 64.4 cm³/mol. The summed E-state index contributed by atoms with van der Waals surface area (Å²) in [4.78, 5) is 23.9. The van der Waals surface area contributed by atoms with Crippen LogP contribution in [0.4, 0.5) is 5.82 Å². The van der Waals surface area contributed by atoms with Gasteiger partial charge in [-0.25, -0.2) is 9.97 Å². The van der Waals surface area contributed by atoms with E-state index < -0.39 is 0 Å². The van der Waals surface area contributed by atoms with Gasteiger partial charge in [-0.1, -0.05) is 0 Å². The first-order chi connectivity index (χ1) is 8.08. The van der Waals surface area contributed by atoms with Gasteiger partial charge in [-0.3, -0.25) is 4.79 Å². The number of rotatable bonds is 2. The first-order valence-electron chi connectivity index (χ1n) is 5.61. The molecule has 1 aliphatic heterocycles. The molecular formula is C11H17N5O. The largest absolute Gasteiger partial charge is 0.382 e. The topological polar surface area (TPSA) is 75.3 Å². The second kappa shape index (κ2) is 4.67. The van der Waals surface area contributed by atoms with Crippen LogP contribution < -0.4 is 5.73 Å². The molecule has 2 N–H and O–H groups in total. The highest BCUT2D eigenvalue weighted by Crippen LogP contribution is 2.15. The van der Waals surface area contributed by atoms with Crippen molar-refractivity contribution in [2.24, 2.45) is 0 Å². The molecule has 0 aromatic carbocycles. The molecule has 6 nitrogen and oxygen atoms in total. The third-order valence-electron chi connectivity index (χ3n) is 3.07. The summed E-state index contributed by atoms with van der Waals surface area (Å²) in [5.74, 6) is 0.260. The SMILES string of the molecule is CN(C)C1CCN(C(=O)c2cnc(N)cn2)C1. The lowest BCUT2D eigenvalue weighted by molar-refractivity contribution is 0.0777. The van der Waals surface area contributed by atoms with Crippen molar-refractivity contribution < 1.29 is 4.79 Å². The van der Waals surface area contributed by atoms with E-state index in [1.54, 1.807) is 0 Å². The van der Waals surface area contributed by atoms with E-state index in [0.717, 1.165) is 19.5 Å². The Morgan fingerprint density at radius 2 is 2.24 bits per heavy atom. The number of nitrogen functional groups attached to an aromatic ring is 1. The number of carbonyl (C=O) groups is 1. The Morgan fingerprint density at radius 3 is 2.76 bits per heavy atom. The number of nitrogens with two attached hydrogens (primary N) is 1. The molecule has 1 aromatic heterocycles. The molecule has 1 amide bonds. The number of anilines is 1. The summed E-state index contributed by atoms with van der Waals surface area (Å²) in [5, 5.41) is 0. The second-order valence-corrected chi connectivity index (χ2v) is 4.48. The Labute approximate surface area is 100 Å². The van der Waals surface area contributed by atoms with Crippen molar-refractivity contribution in [2.45, 2.75) is 12.5 Å². The van der Waals surface area contributed by atoms with Gasteiger partial charge in [0.05, 0.1) is 12.4 Å². The molecule has 2 heterocycles. The van der Waals surface area contributed by atoms with Crippen LogP contribution in [0.3, 0.4) is 0 Å². The lowest BCUT2D eigenvalue weighted by Gasteiger charge is -2.20. The Kier molecular flexibility index (Phi) is 3.23. The number of likely N-dealkylation sites (tertiary alicyclic amines) is 1. The maximum absolute atomic E-state index is 12.1. The van der Waals surface area contributed by atoms with Gasteiger partial charge >= 0.3 is 0 Å². The lowest BCUT2D eigenvalue weighted by Crippen LogP contribution is -2.34. The van der Waals surface area contributed by atoms with Gasteiger partial charge in [0.1, 0.15) is 11.5 Å². The summed E-state index contributed by atoms with van der Waals surface area (Å²) >= 11 is 0. The maximum atomic E-state index is 12.1. The molecule has 0 saturated carbocycles. The highest BCUT2D eigenvalue weighted by molar-refractivity contribution is 5.92. The molecule has 0 radical (unpaired) electrons. The number of amides is 1. The van der Waals surface area contributed by atoms with E-state index in [9.17, 15) is 4.79 Å². The van der Waals surface area contributed by atoms with E-state index >= 15 is 0 Å². The molecular weight excluding hydrogens is 218 g/mol. The fraction of sp³-hybridized carbons (Fsp3) is 0.545. The van der Waals surface area contributed by atoms with Crippen LogP contribution in [0.15, 0.2) is 12.4 Å². The van der Waals surface area contributed by atoms with Crippen molar-refractivity contribution in [1.82, 2.24) is 19.8 Å². The van der Waals surface area contributed by atoms with Gasteiger partial charge in [0.15, 0.2) is 0 Å². The molecule has 1 atom stereocenters. The van der Waals surface area contributed by atoms with Gasteiger partial charge in [0, 0.05) is 19.1 Å². The van der Waals surface area contributed by atoms with Gasteiger partial charge in [0.2, 0.25) is 0 Å². The van der Waals surface area contributed by atoms with Crippen LogP contribution in [0.2, 0.25) is 0 Å². The molecule has 1 aliphatic rings. The minimum absolute atomic E-state index is 0.0677. The molecule has 1 aromatic rings. The smallest absolute Gasteiger partial charge is 0.274 e. The van der Waals surface area contributed by atoms with Gasteiger partial charge < -0.3 is 15.5 Å². The summed E-state index contributed by atoms with van der Waals surface area (Å²) < 4.78 is 0. The molecule has 1 saturated heterocycles. The Morgan fingerprint density at radius 1 is 1.47 bits per heavy atom. The van der Waals surface area contributed by atoms with Crippen molar-refractivity contribution in [3.8, 4) is 0 Å². The average molecular weight is 235 g/mol. The van der Waals surface area contributed by atoms with Crippen LogP contribution in [0.5, 0.6) is 0 Å². The van der Waals surface area contributed by atoms with E-state index in [-0.39, 0.29) is 5.91 Å². The number of nitrogens with zero attached hydrogens (tertiary/aromatic N) is 4. The average Bonchev–Trinajstić information content (AvgIpc) is 2.78. The van der Waals surface area contributed by atoms with Crippen molar-refractivity contribution in [3.05, 3.63) is 18.1 Å². The van der Waals surface area contributed by atoms with Crippen molar-refractivity contribution >= 4 is 11.7 Å². The van der Waals surface area contributed by atoms with Crippen LogP contribution in [-0.4, -0.2) is 58.9 Å². The molecule has 92 valence electrons. The Bertz CT molecular complexity index is 403. The van der Waals surface area contributed by atoms with Crippen molar-refractivity contribution in [3.63, 3.8) is 0 Å². The monoisotopic (exact) mass is 235 g/mol. The fourth-order valence-electron chi connectivity index (χ4n) is 1.96. The Hall–Kier alpha value is -1.69. The fourth-order valence-corrected chi connectivity index (χ4v) is 1.96. The van der Waals surface area contributed by atoms with E-state index in [2.05, 4.69) is 14.9 Å². The number of likely N-dealkylation sites (N-methyl/N-ethyl adjacent to an activating group) is 1. The van der Waals surface area contributed by atoms with Crippen molar-refractivity contribution in [1.29, 1.82) is 0 Å². The zero-order valence-electron chi connectivity index (χ0n) is 10.1. The van der Waals surface area contributed by atoms with Gasteiger partial charge in [-0.2, -0.15) is 0 Å². The third-order valence-corrected chi connectivity index (χ3v) is 3.07. The van der Waals surface area contributed by atoms with Crippen LogP contribution in [0.25, 0.3) is 0 Å². The van der Waals surface area contributed by atoms with Crippen LogP contribution >= 0.6 is 0 Å². The quantitative estimate of drug-likeness (QED) is 0.770. The highest BCUT2D eigenvalue weighted by Gasteiger charge is 2.28. The van der Waals surface area contributed by atoms with E-state index in [1.807, 2.05) is 19.0 Å².